The Labute approximate surface area is 107 Å². The summed E-state index contributed by atoms with van der Waals surface area (Å²) in [7, 11) is 3.15. The molecule has 18 heavy (non-hydrogen) atoms. The molecule has 98 valence electrons. The van der Waals surface area contributed by atoms with Crippen LogP contribution in [0.4, 0.5) is 0 Å². The van der Waals surface area contributed by atoms with Crippen molar-refractivity contribution in [3.8, 4) is 11.5 Å². The molecule has 4 nitrogen and oxygen atoms in total. The zero-order valence-electron chi connectivity index (χ0n) is 10.8. The van der Waals surface area contributed by atoms with Crippen LogP contribution in [0.5, 0.6) is 11.5 Å². The van der Waals surface area contributed by atoms with E-state index in [-0.39, 0.29) is 17.7 Å². The highest BCUT2D eigenvalue weighted by atomic mass is 16.5. The maximum atomic E-state index is 12.4. The third-order valence-corrected chi connectivity index (χ3v) is 3.52. The second-order valence-corrected chi connectivity index (χ2v) is 4.70. The lowest BCUT2D eigenvalue weighted by Gasteiger charge is -2.13. The normalized spacial score (nSPS) is 22.8. The van der Waals surface area contributed by atoms with Crippen molar-refractivity contribution < 1.29 is 14.3 Å². The number of Topliss-reactive ketones (excluding diaryl/α,β-unsaturated/α-hetero) is 1. The first kappa shape index (κ1) is 12.9. The van der Waals surface area contributed by atoms with E-state index in [2.05, 4.69) is 0 Å². The zero-order valence-corrected chi connectivity index (χ0v) is 10.8. The summed E-state index contributed by atoms with van der Waals surface area (Å²) >= 11 is 0. The first-order valence-corrected chi connectivity index (χ1v) is 6.17. The van der Waals surface area contributed by atoms with Crippen LogP contribution < -0.4 is 15.2 Å². The number of hydrogen-bond acceptors (Lipinski definition) is 4. The van der Waals surface area contributed by atoms with Gasteiger partial charge in [0.05, 0.1) is 19.8 Å². The summed E-state index contributed by atoms with van der Waals surface area (Å²) in [5.41, 5.74) is 6.48. The molecule has 1 saturated carbocycles. The number of carbonyl (C=O) groups is 1. The maximum Gasteiger partial charge on any atom is 0.169 e. The molecule has 1 aromatic carbocycles. The topological polar surface area (TPSA) is 61.5 Å². The standard InChI is InChI=1S/C14H19NO3/c1-17-11-5-6-12(13(8-11)18-2)14(16)9-3-4-10(15)7-9/h5-6,8-10H,3-4,7,15H2,1-2H3. The molecule has 0 aromatic heterocycles. The summed E-state index contributed by atoms with van der Waals surface area (Å²) in [5.74, 6) is 1.41. The lowest BCUT2D eigenvalue weighted by atomic mass is 9.95. The van der Waals surface area contributed by atoms with Gasteiger partial charge in [0.2, 0.25) is 0 Å². The van der Waals surface area contributed by atoms with Gasteiger partial charge in [0, 0.05) is 18.0 Å². The molecule has 2 atom stereocenters. The fraction of sp³-hybridized carbons (Fsp3) is 0.500. The van der Waals surface area contributed by atoms with E-state index in [9.17, 15) is 4.79 Å². The molecule has 1 aliphatic carbocycles. The van der Waals surface area contributed by atoms with Crippen LogP contribution >= 0.6 is 0 Å². The number of ketones is 1. The molecule has 0 radical (unpaired) electrons. The second-order valence-electron chi connectivity index (χ2n) is 4.70. The Kier molecular flexibility index (Phi) is 3.87. The quantitative estimate of drug-likeness (QED) is 0.829. The number of carbonyl (C=O) groups excluding carboxylic acids is 1. The number of benzene rings is 1. The Morgan fingerprint density at radius 2 is 2.06 bits per heavy atom. The van der Waals surface area contributed by atoms with Crippen LogP contribution in [0, 0.1) is 5.92 Å². The van der Waals surface area contributed by atoms with Crippen LogP contribution in [-0.4, -0.2) is 26.0 Å². The highest BCUT2D eigenvalue weighted by Crippen LogP contribution is 2.32. The van der Waals surface area contributed by atoms with Crippen molar-refractivity contribution in [2.24, 2.45) is 11.7 Å². The monoisotopic (exact) mass is 249 g/mol. The summed E-state index contributed by atoms with van der Waals surface area (Å²) in [6.45, 7) is 0. The van der Waals surface area contributed by atoms with E-state index < -0.39 is 0 Å². The zero-order chi connectivity index (χ0) is 13.1. The minimum absolute atomic E-state index is 0.0299. The Bertz CT molecular complexity index is 445. The summed E-state index contributed by atoms with van der Waals surface area (Å²) in [5, 5.41) is 0. The fourth-order valence-electron chi connectivity index (χ4n) is 2.48. The smallest absolute Gasteiger partial charge is 0.169 e. The van der Waals surface area contributed by atoms with Gasteiger partial charge in [-0.05, 0) is 31.4 Å². The minimum atomic E-state index is 0.0299. The van der Waals surface area contributed by atoms with Crippen molar-refractivity contribution in [1.29, 1.82) is 0 Å². The van der Waals surface area contributed by atoms with E-state index >= 15 is 0 Å². The van der Waals surface area contributed by atoms with Gasteiger partial charge in [-0.25, -0.2) is 0 Å². The molecule has 0 aliphatic heterocycles. The fourth-order valence-corrected chi connectivity index (χ4v) is 2.48. The van der Waals surface area contributed by atoms with Crippen molar-refractivity contribution in [2.75, 3.05) is 14.2 Å². The van der Waals surface area contributed by atoms with Crippen LogP contribution in [0.1, 0.15) is 29.6 Å². The number of hydrogen-bond donors (Lipinski definition) is 1. The second kappa shape index (κ2) is 5.40. The third-order valence-electron chi connectivity index (χ3n) is 3.52. The Morgan fingerprint density at radius 3 is 2.61 bits per heavy atom. The number of methoxy groups -OCH3 is 2. The summed E-state index contributed by atoms with van der Waals surface area (Å²) in [4.78, 5) is 12.4. The summed E-state index contributed by atoms with van der Waals surface area (Å²) in [6.07, 6.45) is 2.57. The molecule has 0 bridgehead atoms. The van der Waals surface area contributed by atoms with E-state index in [1.165, 1.54) is 0 Å². The molecule has 2 N–H and O–H groups in total. The average Bonchev–Trinajstić information content (AvgIpc) is 2.83. The van der Waals surface area contributed by atoms with Crippen molar-refractivity contribution >= 4 is 5.78 Å². The SMILES string of the molecule is COc1ccc(C(=O)C2CCC(N)C2)c(OC)c1. The summed E-state index contributed by atoms with van der Waals surface area (Å²) in [6, 6.07) is 5.44. The first-order chi connectivity index (χ1) is 8.65. The molecular weight excluding hydrogens is 230 g/mol. The molecule has 0 amide bonds. The minimum Gasteiger partial charge on any atom is -0.497 e. The molecule has 2 rings (SSSR count). The predicted molar refractivity (Wildman–Crippen MR) is 69.2 cm³/mol. The van der Waals surface area contributed by atoms with Gasteiger partial charge < -0.3 is 15.2 Å². The average molecular weight is 249 g/mol. The van der Waals surface area contributed by atoms with Crippen LogP contribution in [0.25, 0.3) is 0 Å². The molecule has 0 saturated heterocycles. The van der Waals surface area contributed by atoms with Crippen molar-refractivity contribution in [2.45, 2.75) is 25.3 Å². The van der Waals surface area contributed by atoms with E-state index in [0.29, 0.717) is 17.1 Å². The Hall–Kier alpha value is -1.55. The van der Waals surface area contributed by atoms with Crippen LogP contribution in [0.2, 0.25) is 0 Å². The predicted octanol–water partition coefficient (Wildman–Crippen LogP) is 2.01. The maximum absolute atomic E-state index is 12.4. The molecule has 4 heteroatoms. The van der Waals surface area contributed by atoms with Gasteiger partial charge in [-0.15, -0.1) is 0 Å². The summed E-state index contributed by atoms with van der Waals surface area (Å²) < 4.78 is 10.4. The van der Waals surface area contributed by atoms with E-state index in [0.717, 1.165) is 19.3 Å². The van der Waals surface area contributed by atoms with E-state index in [1.807, 2.05) is 0 Å². The van der Waals surface area contributed by atoms with Crippen molar-refractivity contribution in [3.05, 3.63) is 23.8 Å². The third kappa shape index (κ3) is 2.48. The lowest BCUT2D eigenvalue weighted by molar-refractivity contribution is 0.0918. The van der Waals surface area contributed by atoms with Crippen molar-refractivity contribution in [1.82, 2.24) is 0 Å². The largest absolute Gasteiger partial charge is 0.497 e. The first-order valence-electron chi connectivity index (χ1n) is 6.17. The van der Waals surface area contributed by atoms with Gasteiger partial charge in [0.15, 0.2) is 5.78 Å². The molecule has 1 aromatic rings. The van der Waals surface area contributed by atoms with Gasteiger partial charge in [-0.1, -0.05) is 0 Å². The van der Waals surface area contributed by atoms with Crippen LogP contribution in [-0.2, 0) is 0 Å². The van der Waals surface area contributed by atoms with E-state index in [1.54, 1.807) is 32.4 Å². The van der Waals surface area contributed by atoms with Gasteiger partial charge in [-0.2, -0.15) is 0 Å². The number of ether oxygens (including phenoxy) is 2. The Morgan fingerprint density at radius 1 is 1.28 bits per heavy atom. The molecule has 0 spiro atoms. The highest BCUT2D eigenvalue weighted by Gasteiger charge is 2.30. The molecule has 0 heterocycles. The highest BCUT2D eigenvalue weighted by molar-refractivity contribution is 6.00. The molecular formula is C14H19NO3. The van der Waals surface area contributed by atoms with Gasteiger partial charge in [0.25, 0.3) is 0 Å². The van der Waals surface area contributed by atoms with Gasteiger partial charge >= 0.3 is 0 Å². The lowest BCUT2D eigenvalue weighted by Crippen LogP contribution is -2.18. The van der Waals surface area contributed by atoms with Crippen LogP contribution in [0.3, 0.4) is 0 Å². The molecule has 2 unspecified atom stereocenters. The van der Waals surface area contributed by atoms with Crippen LogP contribution in [0.15, 0.2) is 18.2 Å². The molecule has 1 fully saturated rings. The Balaban J connectivity index is 2.24. The van der Waals surface area contributed by atoms with E-state index in [4.69, 9.17) is 15.2 Å². The van der Waals surface area contributed by atoms with Gasteiger partial charge in [-0.3, -0.25) is 4.79 Å². The van der Waals surface area contributed by atoms with Gasteiger partial charge in [0.1, 0.15) is 11.5 Å². The molecule has 1 aliphatic rings. The number of rotatable bonds is 4. The number of nitrogens with two attached hydrogens (primary N) is 1. The van der Waals surface area contributed by atoms with Crippen molar-refractivity contribution in [3.63, 3.8) is 0 Å².